The van der Waals surface area contributed by atoms with Crippen LogP contribution in [0, 0.1) is 0 Å². The molecule has 12 aromatic rings. The molecule has 12 rings (SSSR count). The molecule has 0 aliphatic rings. The predicted octanol–water partition coefficient (Wildman–Crippen LogP) is 12.3. The third-order valence-electron chi connectivity index (χ3n) is 11.1. The standard InChI is InChI=1S/C49H29N5/c1-3-15-31(16-4-1)47-50-48(32-17-5-2-6-18-32)52-49(51-47)33-28-38-36-21-10-12-24-41(36)54-43-25-13-22-37-35-20-9-11-23-40(35)53(46(37)43)42-27-26-30-14-7-8-19-34(30)44(42)39(29-33)45(38)54/h1-29H. The molecular formula is C49H29N5. The molecular weight excluding hydrogens is 659 g/mol. The third kappa shape index (κ3) is 4.06. The van der Waals surface area contributed by atoms with Crippen molar-refractivity contribution in [3.8, 4) is 34.2 Å². The zero-order chi connectivity index (χ0) is 35.3. The number of fused-ring (bicyclic) bond motifs is 12. The molecule has 5 nitrogen and oxygen atoms in total. The number of hydrogen-bond acceptors (Lipinski definition) is 3. The molecule has 5 heteroatoms. The van der Waals surface area contributed by atoms with E-state index in [4.69, 9.17) is 15.0 Å². The van der Waals surface area contributed by atoms with Crippen LogP contribution in [0.1, 0.15) is 0 Å². The van der Waals surface area contributed by atoms with Crippen LogP contribution in [0.15, 0.2) is 176 Å². The molecule has 4 heterocycles. The fourth-order valence-corrected chi connectivity index (χ4v) is 8.77. The van der Waals surface area contributed by atoms with E-state index in [0.29, 0.717) is 17.5 Å². The Morgan fingerprint density at radius 2 is 0.796 bits per heavy atom. The molecule has 0 atom stereocenters. The number of aromatic nitrogens is 5. The molecule has 0 spiro atoms. The van der Waals surface area contributed by atoms with Gasteiger partial charge >= 0.3 is 0 Å². The molecule has 0 N–H and O–H groups in total. The quantitative estimate of drug-likeness (QED) is 0.186. The van der Waals surface area contributed by atoms with E-state index in [1.54, 1.807) is 0 Å². The molecule has 0 fully saturated rings. The van der Waals surface area contributed by atoms with E-state index >= 15 is 0 Å². The highest BCUT2D eigenvalue weighted by molar-refractivity contribution is 6.28. The van der Waals surface area contributed by atoms with Gasteiger partial charge in [-0.05, 0) is 47.2 Å². The monoisotopic (exact) mass is 687 g/mol. The van der Waals surface area contributed by atoms with Crippen molar-refractivity contribution in [2.45, 2.75) is 0 Å². The molecule has 0 aliphatic carbocycles. The smallest absolute Gasteiger partial charge is 0.164 e. The first-order chi connectivity index (χ1) is 26.8. The Morgan fingerprint density at radius 3 is 1.48 bits per heavy atom. The summed E-state index contributed by atoms with van der Waals surface area (Å²) in [7, 11) is 0. The highest BCUT2D eigenvalue weighted by atomic mass is 15.0. The molecule has 4 aromatic heterocycles. The number of rotatable bonds is 3. The van der Waals surface area contributed by atoms with E-state index in [-0.39, 0.29) is 0 Å². The lowest BCUT2D eigenvalue weighted by molar-refractivity contribution is 1.07. The summed E-state index contributed by atoms with van der Waals surface area (Å²) >= 11 is 0. The van der Waals surface area contributed by atoms with Crippen LogP contribution in [-0.2, 0) is 0 Å². The summed E-state index contributed by atoms with van der Waals surface area (Å²) in [6, 6.07) is 62.6. The van der Waals surface area contributed by atoms with Gasteiger partial charge < -0.3 is 8.80 Å². The molecule has 0 saturated carbocycles. The maximum absolute atomic E-state index is 5.21. The van der Waals surface area contributed by atoms with Gasteiger partial charge in [0.1, 0.15) is 0 Å². The van der Waals surface area contributed by atoms with Crippen LogP contribution in [0.2, 0.25) is 0 Å². The van der Waals surface area contributed by atoms with Crippen LogP contribution >= 0.6 is 0 Å². The normalized spacial score (nSPS) is 12.1. The third-order valence-corrected chi connectivity index (χ3v) is 11.1. The fraction of sp³-hybridized carbons (Fsp3) is 0. The Kier molecular flexibility index (Phi) is 5.99. The lowest BCUT2D eigenvalue weighted by Gasteiger charge is -2.14. The number of benzene rings is 8. The first-order valence-corrected chi connectivity index (χ1v) is 18.3. The Labute approximate surface area is 309 Å². The summed E-state index contributed by atoms with van der Waals surface area (Å²) < 4.78 is 4.98. The zero-order valence-electron chi connectivity index (χ0n) is 29.0. The van der Waals surface area contributed by atoms with Crippen molar-refractivity contribution in [2.75, 3.05) is 0 Å². The van der Waals surface area contributed by atoms with Gasteiger partial charge in [0.25, 0.3) is 0 Å². The van der Waals surface area contributed by atoms with E-state index in [2.05, 4.69) is 148 Å². The number of hydrogen-bond donors (Lipinski definition) is 0. The number of nitrogens with zero attached hydrogens (tertiary/aromatic N) is 5. The van der Waals surface area contributed by atoms with E-state index in [1.807, 2.05) is 36.4 Å². The SMILES string of the molecule is c1ccc(-c2nc(-c3ccccc3)nc(-c3cc4c5ccccc5n5c6cccc7c8ccccc8n(c8ccc9ccccc9c8c(c3)c45)c76)n2)cc1. The first-order valence-electron chi connectivity index (χ1n) is 18.3. The Bertz CT molecular complexity index is 3430. The molecule has 0 unspecified atom stereocenters. The second-order valence-electron chi connectivity index (χ2n) is 14.0. The van der Waals surface area contributed by atoms with Crippen molar-refractivity contribution in [1.29, 1.82) is 0 Å². The lowest BCUT2D eigenvalue weighted by Crippen LogP contribution is -2.00. The van der Waals surface area contributed by atoms with E-state index < -0.39 is 0 Å². The van der Waals surface area contributed by atoms with Crippen LogP contribution in [0.3, 0.4) is 0 Å². The van der Waals surface area contributed by atoms with Crippen molar-refractivity contribution in [1.82, 2.24) is 23.8 Å². The van der Waals surface area contributed by atoms with Crippen molar-refractivity contribution < 1.29 is 0 Å². The highest BCUT2D eigenvalue weighted by Crippen LogP contribution is 2.43. The van der Waals surface area contributed by atoms with Gasteiger partial charge in [-0.25, -0.2) is 15.0 Å². The minimum atomic E-state index is 0.635. The molecule has 54 heavy (non-hydrogen) atoms. The van der Waals surface area contributed by atoms with Gasteiger partial charge in [-0.1, -0.05) is 140 Å². The maximum atomic E-state index is 5.21. The van der Waals surface area contributed by atoms with E-state index in [0.717, 1.165) is 44.0 Å². The lowest BCUT2D eigenvalue weighted by atomic mass is 9.98. The molecule has 0 saturated heterocycles. The van der Waals surface area contributed by atoms with Gasteiger partial charge in [-0.2, -0.15) is 0 Å². The van der Waals surface area contributed by atoms with Crippen molar-refractivity contribution in [2.24, 2.45) is 0 Å². The summed E-state index contributed by atoms with van der Waals surface area (Å²) in [4.78, 5) is 15.4. The van der Waals surface area contributed by atoms with Gasteiger partial charge in [0, 0.05) is 49.0 Å². The average Bonchev–Trinajstić information content (AvgIpc) is 3.76. The Hall–Kier alpha value is -7.37. The summed E-state index contributed by atoms with van der Waals surface area (Å²) in [6.07, 6.45) is 0. The number of para-hydroxylation sites is 3. The predicted molar refractivity (Wildman–Crippen MR) is 223 cm³/mol. The average molecular weight is 688 g/mol. The van der Waals surface area contributed by atoms with Gasteiger partial charge in [-0.15, -0.1) is 0 Å². The summed E-state index contributed by atoms with van der Waals surface area (Å²) in [5, 5.41) is 9.51. The van der Waals surface area contributed by atoms with Gasteiger partial charge in [0.15, 0.2) is 17.5 Å². The van der Waals surface area contributed by atoms with Gasteiger partial charge in [0.05, 0.1) is 33.1 Å². The van der Waals surface area contributed by atoms with Crippen molar-refractivity contribution in [3.05, 3.63) is 176 Å². The van der Waals surface area contributed by atoms with E-state index in [1.165, 1.54) is 48.9 Å². The van der Waals surface area contributed by atoms with Gasteiger partial charge in [0.2, 0.25) is 0 Å². The second-order valence-corrected chi connectivity index (χ2v) is 14.0. The second kappa shape index (κ2) is 11.1. The molecule has 0 aliphatic heterocycles. The minimum Gasteiger partial charge on any atom is -0.307 e. The van der Waals surface area contributed by atoms with Crippen molar-refractivity contribution >= 4 is 76.2 Å². The molecule has 250 valence electrons. The topological polar surface area (TPSA) is 47.5 Å². The van der Waals surface area contributed by atoms with Crippen LogP contribution in [0.4, 0.5) is 0 Å². The molecule has 0 bridgehead atoms. The first kappa shape index (κ1) is 29.2. The summed E-state index contributed by atoms with van der Waals surface area (Å²) in [6.45, 7) is 0. The van der Waals surface area contributed by atoms with E-state index in [9.17, 15) is 0 Å². The van der Waals surface area contributed by atoms with Crippen molar-refractivity contribution in [3.63, 3.8) is 0 Å². The molecule has 0 amide bonds. The summed E-state index contributed by atoms with van der Waals surface area (Å²) in [5.74, 6) is 1.92. The zero-order valence-corrected chi connectivity index (χ0v) is 29.0. The molecule has 0 radical (unpaired) electrons. The Morgan fingerprint density at radius 1 is 0.296 bits per heavy atom. The van der Waals surface area contributed by atoms with Crippen LogP contribution in [-0.4, -0.2) is 23.8 Å². The summed E-state index contributed by atoms with van der Waals surface area (Å²) in [5.41, 5.74) is 9.84. The van der Waals surface area contributed by atoms with Crippen LogP contribution in [0.5, 0.6) is 0 Å². The van der Waals surface area contributed by atoms with Crippen LogP contribution in [0.25, 0.3) is 110 Å². The maximum Gasteiger partial charge on any atom is 0.164 e. The Balaban J connectivity index is 1.35. The molecule has 8 aromatic carbocycles. The van der Waals surface area contributed by atoms with Gasteiger partial charge in [-0.3, -0.25) is 0 Å². The van der Waals surface area contributed by atoms with Crippen LogP contribution < -0.4 is 0 Å². The fourth-order valence-electron chi connectivity index (χ4n) is 8.77. The minimum absolute atomic E-state index is 0.635. The highest BCUT2D eigenvalue weighted by Gasteiger charge is 2.22. The largest absolute Gasteiger partial charge is 0.307 e.